The van der Waals surface area contributed by atoms with Crippen molar-refractivity contribution in [3.8, 4) is 0 Å². The predicted octanol–water partition coefficient (Wildman–Crippen LogP) is 4.37. The summed E-state index contributed by atoms with van der Waals surface area (Å²) < 4.78 is 5.24. The number of rotatable bonds is 12. The van der Waals surface area contributed by atoms with E-state index in [2.05, 4.69) is 34.3 Å². The van der Waals surface area contributed by atoms with Gasteiger partial charge in [0.2, 0.25) is 0 Å². The molecule has 1 aromatic carbocycles. The lowest BCUT2D eigenvalue weighted by molar-refractivity contribution is 0.0950. The van der Waals surface area contributed by atoms with E-state index in [4.69, 9.17) is 4.42 Å². The Morgan fingerprint density at radius 1 is 1.06 bits per heavy atom. The lowest BCUT2D eigenvalue weighted by atomic mass is 10.1. The molecule has 0 spiro atoms. The number of anilines is 2. The minimum absolute atomic E-state index is 0.121. The van der Waals surface area contributed by atoms with Crippen LogP contribution in [0.1, 0.15) is 66.9 Å². The topological polar surface area (TPSA) is 77.8 Å². The van der Waals surface area contributed by atoms with E-state index in [0.29, 0.717) is 17.8 Å². The Morgan fingerprint density at radius 3 is 2.47 bits per heavy atom. The number of nitrogens with zero attached hydrogens (tertiary/aromatic N) is 2. The third-order valence-electron chi connectivity index (χ3n) is 5.72. The summed E-state index contributed by atoms with van der Waals surface area (Å²) in [6.07, 6.45) is 6.95. The second-order valence-corrected chi connectivity index (χ2v) is 8.31. The van der Waals surface area contributed by atoms with Gasteiger partial charge in [-0.05, 0) is 82.1 Å². The van der Waals surface area contributed by atoms with Gasteiger partial charge in [0.05, 0.1) is 17.6 Å². The van der Waals surface area contributed by atoms with Gasteiger partial charge in [-0.25, -0.2) is 0 Å². The van der Waals surface area contributed by atoms with Gasteiger partial charge in [0.1, 0.15) is 0 Å². The molecule has 174 valence electrons. The largest absolute Gasteiger partial charge is 0.459 e. The van der Waals surface area contributed by atoms with Crippen LogP contribution in [-0.2, 0) is 0 Å². The Hall–Kier alpha value is -2.80. The number of hydrogen-bond donors (Lipinski definition) is 2. The molecule has 0 aliphatic carbocycles. The molecule has 0 bridgehead atoms. The molecule has 32 heavy (non-hydrogen) atoms. The number of likely N-dealkylation sites (tertiary alicyclic amines) is 1. The lowest BCUT2D eigenvalue weighted by Crippen LogP contribution is -2.29. The van der Waals surface area contributed by atoms with E-state index in [1.165, 1.54) is 32.2 Å². The van der Waals surface area contributed by atoms with Gasteiger partial charge in [-0.15, -0.1) is 0 Å². The predicted molar refractivity (Wildman–Crippen MR) is 129 cm³/mol. The first-order valence-electron chi connectivity index (χ1n) is 11.9. The highest BCUT2D eigenvalue weighted by Crippen LogP contribution is 2.28. The molecule has 0 radical (unpaired) electrons. The molecule has 1 aliphatic heterocycles. The van der Waals surface area contributed by atoms with Crippen LogP contribution in [0.4, 0.5) is 11.4 Å². The first-order valence-corrected chi connectivity index (χ1v) is 11.9. The third kappa shape index (κ3) is 6.60. The van der Waals surface area contributed by atoms with Crippen LogP contribution in [0.5, 0.6) is 0 Å². The van der Waals surface area contributed by atoms with E-state index < -0.39 is 0 Å². The average molecular weight is 441 g/mol. The zero-order valence-electron chi connectivity index (χ0n) is 19.4. The van der Waals surface area contributed by atoms with Crippen molar-refractivity contribution in [2.24, 2.45) is 0 Å². The van der Waals surface area contributed by atoms with Crippen molar-refractivity contribution in [1.82, 2.24) is 10.2 Å². The Kier molecular flexibility index (Phi) is 9.16. The molecule has 2 N–H and O–H groups in total. The van der Waals surface area contributed by atoms with Gasteiger partial charge in [0, 0.05) is 25.2 Å². The highest BCUT2D eigenvalue weighted by atomic mass is 16.3. The molecule has 0 unspecified atom stereocenters. The SMILES string of the molecule is CCCN(CCC)c1ccc(C(=O)NCCCN2CCCC2)cc1NC(=O)c1ccco1. The number of amides is 2. The number of carbonyl (C=O) groups excluding carboxylic acids is 2. The summed E-state index contributed by atoms with van der Waals surface area (Å²) in [6, 6.07) is 8.85. The van der Waals surface area contributed by atoms with Crippen molar-refractivity contribution in [2.45, 2.75) is 46.0 Å². The second-order valence-electron chi connectivity index (χ2n) is 8.31. The van der Waals surface area contributed by atoms with Crippen molar-refractivity contribution >= 4 is 23.2 Å². The monoisotopic (exact) mass is 440 g/mol. The quantitative estimate of drug-likeness (QED) is 0.479. The molecule has 1 saturated heterocycles. The molecule has 1 fully saturated rings. The van der Waals surface area contributed by atoms with Crippen LogP contribution in [0.15, 0.2) is 41.0 Å². The zero-order valence-corrected chi connectivity index (χ0v) is 19.4. The fourth-order valence-electron chi connectivity index (χ4n) is 4.15. The molecule has 2 heterocycles. The van der Waals surface area contributed by atoms with Gasteiger partial charge < -0.3 is 24.9 Å². The standard InChI is InChI=1S/C25H36N4O3/c1-3-13-29(14-4-2)22-11-10-20(19-21(22)27-25(31)23-9-7-18-32-23)24(30)26-12-8-17-28-15-5-6-16-28/h7,9-11,18-19H,3-6,8,12-17H2,1-2H3,(H,26,30)(H,27,31). The van der Waals surface area contributed by atoms with Gasteiger partial charge in [0.25, 0.3) is 11.8 Å². The van der Waals surface area contributed by atoms with Gasteiger partial charge >= 0.3 is 0 Å². The fraction of sp³-hybridized carbons (Fsp3) is 0.520. The Morgan fingerprint density at radius 2 is 1.81 bits per heavy atom. The summed E-state index contributed by atoms with van der Waals surface area (Å²) in [6.45, 7) is 10.0. The van der Waals surface area contributed by atoms with Crippen molar-refractivity contribution in [1.29, 1.82) is 0 Å². The van der Waals surface area contributed by atoms with E-state index in [0.717, 1.165) is 44.6 Å². The maximum absolute atomic E-state index is 12.8. The van der Waals surface area contributed by atoms with Crippen LogP contribution in [0.2, 0.25) is 0 Å². The number of hydrogen-bond acceptors (Lipinski definition) is 5. The second kappa shape index (κ2) is 12.3. The van der Waals surface area contributed by atoms with E-state index >= 15 is 0 Å². The van der Waals surface area contributed by atoms with Crippen LogP contribution in [-0.4, -0.2) is 56.0 Å². The summed E-state index contributed by atoms with van der Waals surface area (Å²) in [7, 11) is 0. The normalized spacial score (nSPS) is 13.8. The smallest absolute Gasteiger partial charge is 0.291 e. The molecule has 2 aromatic rings. The van der Waals surface area contributed by atoms with Gasteiger partial charge in [-0.2, -0.15) is 0 Å². The first kappa shape index (κ1) is 23.9. The fourth-order valence-corrected chi connectivity index (χ4v) is 4.15. The average Bonchev–Trinajstić information content (AvgIpc) is 3.51. The van der Waals surface area contributed by atoms with Crippen molar-refractivity contribution in [2.75, 3.05) is 49.5 Å². The molecular weight excluding hydrogens is 404 g/mol. The van der Waals surface area contributed by atoms with Gasteiger partial charge in [0.15, 0.2) is 5.76 Å². The minimum Gasteiger partial charge on any atom is -0.459 e. The molecule has 1 aromatic heterocycles. The molecule has 0 saturated carbocycles. The zero-order chi connectivity index (χ0) is 22.8. The Labute approximate surface area is 191 Å². The van der Waals surface area contributed by atoms with Gasteiger partial charge in [-0.1, -0.05) is 13.8 Å². The summed E-state index contributed by atoms with van der Waals surface area (Å²) >= 11 is 0. The maximum atomic E-state index is 12.8. The maximum Gasteiger partial charge on any atom is 0.291 e. The molecule has 1 aliphatic rings. The van der Waals surface area contributed by atoms with Gasteiger partial charge in [-0.3, -0.25) is 9.59 Å². The number of carbonyl (C=O) groups is 2. The Bertz CT molecular complexity index is 854. The Balaban J connectivity index is 1.71. The number of furan rings is 1. The lowest BCUT2D eigenvalue weighted by Gasteiger charge is -2.26. The molecule has 2 amide bonds. The van der Waals surface area contributed by atoms with Crippen molar-refractivity contribution in [3.63, 3.8) is 0 Å². The summed E-state index contributed by atoms with van der Waals surface area (Å²) in [4.78, 5) is 30.1. The molecule has 3 rings (SSSR count). The van der Waals surface area contributed by atoms with Crippen LogP contribution in [0.3, 0.4) is 0 Å². The molecule has 0 atom stereocenters. The minimum atomic E-state index is -0.327. The summed E-state index contributed by atoms with van der Waals surface area (Å²) in [5.74, 6) is -0.207. The van der Waals surface area contributed by atoms with Crippen LogP contribution < -0.4 is 15.5 Å². The van der Waals surface area contributed by atoms with E-state index in [1.807, 2.05) is 12.1 Å². The van der Waals surface area contributed by atoms with E-state index in [-0.39, 0.29) is 17.6 Å². The van der Waals surface area contributed by atoms with Crippen molar-refractivity contribution in [3.05, 3.63) is 47.9 Å². The number of benzene rings is 1. The summed E-state index contributed by atoms with van der Waals surface area (Å²) in [5.41, 5.74) is 2.08. The molecule has 7 nitrogen and oxygen atoms in total. The third-order valence-corrected chi connectivity index (χ3v) is 5.72. The highest BCUT2D eigenvalue weighted by molar-refractivity contribution is 6.05. The van der Waals surface area contributed by atoms with Crippen LogP contribution in [0.25, 0.3) is 0 Å². The summed E-state index contributed by atoms with van der Waals surface area (Å²) in [5, 5.41) is 5.97. The van der Waals surface area contributed by atoms with Crippen molar-refractivity contribution < 1.29 is 14.0 Å². The number of nitrogens with one attached hydrogen (secondary N) is 2. The van der Waals surface area contributed by atoms with Crippen LogP contribution >= 0.6 is 0 Å². The van der Waals surface area contributed by atoms with E-state index in [1.54, 1.807) is 18.2 Å². The highest BCUT2D eigenvalue weighted by Gasteiger charge is 2.18. The molecule has 7 heteroatoms. The first-order chi connectivity index (χ1) is 15.6. The van der Waals surface area contributed by atoms with Crippen LogP contribution in [0, 0.1) is 0 Å². The van der Waals surface area contributed by atoms with E-state index in [9.17, 15) is 9.59 Å². The molecular formula is C25H36N4O3.